The van der Waals surface area contributed by atoms with Gasteiger partial charge in [-0.15, -0.1) is 0 Å². The molecule has 0 bridgehead atoms. The average Bonchev–Trinajstić information content (AvgIpc) is 2.57. The van der Waals surface area contributed by atoms with Crippen LogP contribution in [0.3, 0.4) is 0 Å². The van der Waals surface area contributed by atoms with Crippen molar-refractivity contribution in [1.29, 1.82) is 0 Å². The number of halogens is 2. The topological polar surface area (TPSA) is 40.6 Å². The van der Waals surface area contributed by atoms with Crippen LogP contribution in [0.5, 0.6) is 0 Å². The van der Waals surface area contributed by atoms with Gasteiger partial charge in [-0.05, 0) is 38.2 Å². The first-order valence-corrected chi connectivity index (χ1v) is 8.28. The summed E-state index contributed by atoms with van der Waals surface area (Å²) in [6.45, 7) is 2.34. The van der Waals surface area contributed by atoms with Crippen molar-refractivity contribution < 1.29 is 12.8 Å². The Kier molecular flexibility index (Phi) is 4.60. The fourth-order valence-electron chi connectivity index (χ4n) is 2.08. The van der Waals surface area contributed by atoms with Crippen LogP contribution in [0.2, 0.25) is 0 Å². The highest BCUT2D eigenvalue weighted by Crippen LogP contribution is 2.24. The van der Waals surface area contributed by atoms with Crippen molar-refractivity contribution in [1.82, 2.24) is 9.21 Å². The van der Waals surface area contributed by atoms with Crippen molar-refractivity contribution in [2.24, 2.45) is 0 Å². The average molecular weight is 351 g/mol. The summed E-state index contributed by atoms with van der Waals surface area (Å²) < 4.78 is 40.6. The van der Waals surface area contributed by atoms with E-state index < -0.39 is 15.8 Å². The first-order chi connectivity index (χ1) is 8.91. The summed E-state index contributed by atoms with van der Waals surface area (Å²) in [7, 11) is -1.81. The van der Waals surface area contributed by atoms with Crippen LogP contribution < -0.4 is 0 Å². The van der Waals surface area contributed by atoms with Crippen LogP contribution in [0.1, 0.15) is 6.42 Å². The monoisotopic (exact) mass is 350 g/mol. The molecule has 1 aliphatic rings. The fraction of sp³-hybridized carbons (Fsp3) is 0.500. The zero-order chi connectivity index (χ0) is 14.0. The van der Waals surface area contributed by atoms with Gasteiger partial charge in [0, 0.05) is 24.1 Å². The van der Waals surface area contributed by atoms with E-state index in [1.165, 1.54) is 22.5 Å². The van der Waals surface area contributed by atoms with Gasteiger partial charge in [-0.25, -0.2) is 12.8 Å². The van der Waals surface area contributed by atoms with Gasteiger partial charge < -0.3 is 4.90 Å². The number of likely N-dealkylation sites (N-methyl/N-ethyl adjacent to an activating group) is 1. The largest absolute Gasteiger partial charge is 0.305 e. The summed E-state index contributed by atoms with van der Waals surface area (Å²) in [6, 6.07) is 3.98. The molecule has 1 aromatic rings. The maximum Gasteiger partial charge on any atom is 0.246 e. The van der Waals surface area contributed by atoms with E-state index in [9.17, 15) is 12.8 Å². The Morgan fingerprint density at radius 3 is 2.68 bits per heavy atom. The third kappa shape index (κ3) is 3.34. The van der Waals surface area contributed by atoms with E-state index in [-0.39, 0.29) is 4.90 Å². The first kappa shape index (κ1) is 14.9. The van der Waals surface area contributed by atoms with Gasteiger partial charge in [0.1, 0.15) is 10.7 Å². The van der Waals surface area contributed by atoms with E-state index in [1.54, 1.807) is 0 Å². The molecule has 19 heavy (non-hydrogen) atoms. The lowest BCUT2D eigenvalue weighted by atomic mass is 10.3. The molecule has 1 fully saturated rings. The second-order valence-corrected chi connectivity index (χ2v) is 7.46. The van der Waals surface area contributed by atoms with Crippen LogP contribution in [0.25, 0.3) is 0 Å². The molecule has 0 N–H and O–H groups in total. The molecule has 106 valence electrons. The molecule has 0 saturated carbocycles. The van der Waals surface area contributed by atoms with Crippen LogP contribution in [0.15, 0.2) is 27.6 Å². The molecule has 0 unspecified atom stereocenters. The van der Waals surface area contributed by atoms with E-state index in [4.69, 9.17) is 0 Å². The standard InChI is InChI=1S/C12H16BrFN2O2S/c1-15-5-2-6-16(8-7-15)19(17,18)12-9-10(13)3-4-11(12)14/h3-4,9H,2,5-8H2,1H3. The first-order valence-electron chi connectivity index (χ1n) is 6.05. The van der Waals surface area contributed by atoms with Crippen molar-refractivity contribution in [3.63, 3.8) is 0 Å². The van der Waals surface area contributed by atoms with Gasteiger partial charge in [0.2, 0.25) is 10.0 Å². The van der Waals surface area contributed by atoms with Crippen molar-refractivity contribution in [2.75, 3.05) is 33.2 Å². The Balaban J connectivity index is 2.33. The predicted molar refractivity (Wildman–Crippen MR) is 75.0 cm³/mol. The lowest BCUT2D eigenvalue weighted by molar-refractivity contribution is 0.347. The molecular formula is C12H16BrFN2O2S. The molecule has 0 spiro atoms. The van der Waals surface area contributed by atoms with Crippen molar-refractivity contribution in [3.05, 3.63) is 28.5 Å². The van der Waals surface area contributed by atoms with E-state index in [1.807, 2.05) is 7.05 Å². The molecule has 0 amide bonds. The molecule has 0 radical (unpaired) electrons. The van der Waals surface area contributed by atoms with Crippen molar-refractivity contribution in [2.45, 2.75) is 11.3 Å². The smallest absolute Gasteiger partial charge is 0.246 e. The van der Waals surface area contributed by atoms with Crippen LogP contribution >= 0.6 is 15.9 Å². The van der Waals surface area contributed by atoms with E-state index in [2.05, 4.69) is 20.8 Å². The molecule has 0 aliphatic carbocycles. The second-order valence-electron chi connectivity index (χ2n) is 4.64. The molecule has 4 nitrogen and oxygen atoms in total. The van der Waals surface area contributed by atoms with E-state index in [0.717, 1.165) is 13.0 Å². The number of rotatable bonds is 2. The minimum atomic E-state index is -3.76. The molecular weight excluding hydrogens is 335 g/mol. The molecule has 2 rings (SSSR count). The van der Waals surface area contributed by atoms with Crippen LogP contribution in [-0.4, -0.2) is 50.8 Å². The Labute approximate surface area is 121 Å². The van der Waals surface area contributed by atoms with Gasteiger partial charge in [0.15, 0.2) is 0 Å². The minimum absolute atomic E-state index is 0.258. The lowest BCUT2D eigenvalue weighted by Gasteiger charge is -2.20. The molecule has 1 saturated heterocycles. The van der Waals surface area contributed by atoms with Gasteiger partial charge in [-0.1, -0.05) is 15.9 Å². The highest BCUT2D eigenvalue weighted by atomic mass is 79.9. The van der Waals surface area contributed by atoms with E-state index in [0.29, 0.717) is 24.1 Å². The maximum absolute atomic E-state index is 13.8. The van der Waals surface area contributed by atoms with Gasteiger partial charge in [-0.2, -0.15) is 4.31 Å². The van der Waals surface area contributed by atoms with Crippen molar-refractivity contribution in [3.8, 4) is 0 Å². The highest BCUT2D eigenvalue weighted by Gasteiger charge is 2.28. The predicted octanol–water partition coefficient (Wildman–Crippen LogP) is 1.91. The SMILES string of the molecule is CN1CCCN(S(=O)(=O)c2cc(Br)ccc2F)CC1. The lowest BCUT2D eigenvalue weighted by Crippen LogP contribution is -2.35. The second kappa shape index (κ2) is 5.87. The summed E-state index contributed by atoms with van der Waals surface area (Å²) in [4.78, 5) is 1.82. The number of hydrogen-bond acceptors (Lipinski definition) is 3. The zero-order valence-electron chi connectivity index (χ0n) is 10.6. The minimum Gasteiger partial charge on any atom is -0.305 e. The number of benzene rings is 1. The molecule has 1 aromatic carbocycles. The summed E-state index contributed by atoms with van der Waals surface area (Å²) >= 11 is 3.18. The molecule has 0 atom stereocenters. The van der Waals surface area contributed by atoms with E-state index >= 15 is 0 Å². The Bertz CT molecular complexity index is 565. The van der Waals surface area contributed by atoms with Gasteiger partial charge >= 0.3 is 0 Å². The fourth-order valence-corrected chi connectivity index (χ4v) is 4.15. The Morgan fingerprint density at radius 2 is 1.95 bits per heavy atom. The summed E-state index contributed by atoms with van der Waals surface area (Å²) in [6.07, 6.45) is 0.755. The normalized spacial score (nSPS) is 19.3. The third-order valence-corrected chi connectivity index (χ3v) is 5.60. The van der Waals surface area contributed by atoms with Crippen LogP contribution in [-0.2, 0) is 10.0 Å². The number of hydrogen-bond donors (Lipinski definition) is 0. The molecule has 0 aromatic heterocycles. The third-order valence-electron chi connectivity index (χ3n) is 3.19. The highest BCUT2D eigenvalue weighted by molar-refractivity contribution is 9.10. The summed E-state index contributed by atoms with van der Waals surface area (Å²) in [5, 5.41) is 0. The quantitative estimate of drug-likeness (QED) is 0.817. The number of sulfonamides is 1. The van der Waals surface area contributed by atoms with Gasteiger partial charge in [-0.3, -0.25) is 0 Å². The molecule has 7 heteroatoms. The Hall–Kier alpha value is -0.500. The van der Waals surface area contributed by atoms with Crippen molar-refractivity contribution >= 4 is 26.0 Å². The Morgan fingerprint density at radius 1 is 1.21 bits per heavy atom. The molecule has 1 heterocycles. The summed E-state index contributed by atoms with van der Waals surface area (Å²) in [5.41, 5.74) is 0. The van der Waals surface area contributed by atoms with Crippen LogP contribution in [0, 0.1) is 5.82 Å². The van der Waals surface area contributed by atoms with Crippen LogP contribution in [0.4, 0.5) is 4.39 Å². The van der Waals surface area contributed by atoms with Gasteiger partial charge in [0.05, 0.1) is 0 Å². The molecule has 1 aliphatic heterocycles. The summed E-state index contributed by atoms with van der Waals surface area (Å²) in [5.74, 6) is -0.708. The zero-order valence-corrected chi connectivity index (χ0v) is 13.0. The maximum atomic E-state index is 13.8. The number of nitrogens with zero attached hydrogens (tertiary/aromatic N) is 2. The van der Waals surface area contributed by atoms with Gasteiger partial charge in [0.25, 0.3) is 0 Å².